The van der Waals surface area contributed by atoms with E-state index in [0.717, 1.165) is 29.4 Å². The Hall–Kier alpha value is -3.17. The van der Waals surface area contributed by atoms with Crippen LogP contribution in [0.5, 0.6) is 0 Å². The molecule has 2 aliphatic heterocycles. The summed E-state index contributed by atoms with van der Waals surface area (Å²) < 4.78 is 13.5. The summed E-state index contributed by atoms with van der Waals surface area (Å²) in [5.74, 6) is -0.231. The van der Waals surface area contributed by atoms with E-state index in [1.807, 2.05) is 35.4 Å². The summed E-state index contributed by atoms with van der Waals surface area (Å²) in [7, 11) is 0. The van der Waals surface area contributed by atoms with E-state index in [-0.39, 0.29) is 36.0 Å². The van der Waals surface area contributed by atoms with E-state index in [9.17, 15) is 14.4 Å². The van der Waals surface area contributed by atoms with Gasteiger partial charge in [0.2, 0.25) is 18.1 Å². The van der Waals surface area contributed by atoms with Crippen molar-refractivity contribution in [2.45, 2.75) is 57.7 Å². The summed E-state index contributed by atoms with van der Waals surface area (Å²) in [5, 5.41) is 12.9. The van der Waals surface area contributed by atoms with Crippen LogP contribution in [-0.2, 0) is 19.1 Å². The summed E-state index contributed by atoms with van der Waals surface area (Å²) in [6.07, 6.45) is 7.00. The number of carbonyl (C=O) groups is 3. The van der Waals surface area contributed by atoms with Crippen molar-refractivity contribution in [3.63, 3.8) is 0 Å². The molecule has 9 nitrogen and oxygen atoms in total. The maximum atomic E-state index is 13.0. The molecule has 0 saturated carbocycles. The number of allylic oxidation sites excluding steroid dienone is 1. The van der Waals surface area contributed by atoms with Gasteiger partial charge >= 0.3 is 0 Å². The van der Waals surface area contributed by atoms with Crippen molar-refractivity contribution in [1.29, 1.82) is 0 Å². The first-order chi connectivity index (χ1) is 17.5. The fraction of sp³-hybridized carbons (Fsp3) is 0.519. The lowest BCUT2D eigenvalue weighted by Crippen LogP contribution is -2.35. The Morgan fingerprint density at radius 2 is 2.06 bits per heavy atom. The molecule has 2 aromatic rings. The van der Waals surface area contributed by atoms with Crippen LogP contribution in [0.2, 0.25) is 0 Å². The van der Waals surface area contributed by atoms with Gasteiger partial charge in [0, 0.05) is 63.5 Å². The number of nitrogens with one attached hydrogen (secondary N) is 1. The fourth-order valence-electron chi connectivity index (χ4n) is 4.83. The SMILES string of the molecule is CC(=O)n1cc(C2C=C(C(=O)NCCCN3CCCC3=O)OC(OCCCCO)C2)c2ccccc21. The highest BCUT2D eigenvalue weighted by molar-refractivity contribution is 5.95. The molecule has 0 radical (unpaired) electrons. The molecule has 36 heavy (non-hydrogen) atoms. The van der Waals surface area contributed by atoms with Gasteiger partial charge in [-0.1, -0.05) is 18.2 Å². The molecule has 2 N–H and O–H groups in total. The molecule has 2 aliphatic rings. The second-order valence-electron chi connectivity index (χ2n) is 9.31. The number of aromatic nitrogens is 1. The number of unbranched alkanes of at least 4 members (excludes halogenated alkanes) is 1. The zero-order chi connectivity index (χ0) is 25.5. The van der Waals surface area contributed by atoms with Crippen molar-refractivity contribution < 1.29 is 29.0 Å². The van der Waals surface area contributed by atoms with Crippen molar-refractivity contribution in [2.24, 2.45) is 0 Å². The van der Waals surface area contributed by atoms with Gasteiger partial charge in [-0.25, -0.2) is 0 Å². The van der Waals surface area contributed by atoms with Crippen molar-refractivity contribution in [3.8, 4) is 0 Å². The van der Waals surface area contributed by atoms with Crippen LogP contribution >= 0.6 is 0 Å². The lowest BCUT2D eigenvalue weighted by Gasteiger charge is -2.29. The van der Waals surface area contributed by atoms with E-state index in [2.05, 4.69) is 5.32 Å². The quantitative estimate of drug-likeness (QED) is 0.462. The number of aliphatic hydroxyl groups is 1. The lowest BCUT2D eigenvalue weighted by molar-refractivity contribution is -0.146. The van der Waals surface area contributed by atoms with Crippen LogP contribution in [0.25, 0.3) is 10.9 Å². The molecule has 3 heterocycles. The van der Waals surface area contributed by atoms with Crippen molar-refractivity contribution in [2.75, 3.05) is 32.8 Å². The maximum absolute atomic E-state index is 13.0. The molecule has 0 bridgehead atoms. The number of likely N-dealkylation sites (tertiary alicyclic amines) is 1. The summed E-state index contributed by atoms with van der Waals surface area (Å²) >= 11 is 0. The topological polar surface area (TPSA) is 110 Å². The second-order valence-corrected chi connectivity index (χ2v) is 9.31. The molecular formula is C27H35N3O6. The number of carbonyl (C=O) groups excluding carboxylic acids is 3. The van der Waals surface area contributed by atoms with E-state index in [1.165, 1.54) is 6.92 Å². The highest BCUT2D eigenvalue weighted by Crippen LogP contribution is 2.36. The minimum atomic E-state index is -0.624. The number of para-hydroxylation sites is 1. The third-order valence-electron chi connectivity index (χ3n) is 6.68. The highest BCUT2D eigenvalue weighted by atomic mass is 16.7. The molecule has 2 atom stereocenters. The van der Waals surface area contributed by atoms with Crippen LogP contribution in [0.1, 0.15) is 61.7 Å². The van der Waals surface area contributed by atoms with Crippen molar-refractivity contribution >= 4 is 28.6 Å². The van der Waals surface area contributed by atoms with Gasteiger partial charge in [0.25, 0.3) is 5.91 Å². The molecule has 1 fully saturated rings. The number of hydrogen-bond acceptors (Lipinski definition) is 6. The number of fused-ring (bicyclic) bond motifs is 1. The maximum Gasteiger partial charge on any atom is 0.286 e. The van der Waals surface area contributed by atoms with Crippen molar-refractivity contribution in [3.05, 3.63) is 47.9 Å². The first-order valence-corrected chi connectivity index (χ1v) is 12.8. The Kier molecular flexibility index (Phi) is 8.77. The van der Waals surface area contributed by atoms with Crippen molar-refractivity contribution in [1.82, 2.24) is 14.8 Å². The molecule has 1 saturated heterocycles. The number of benzene rings is 1. The average Bonchev–Trinajstić information content (AvgIpc) is 3.47. The Balaban J connectivity index is 1.49. The van der Waals surface area contributed by atoms with Gasteiger partial charge < -0.3 is 24.8 Å². The predicted octanol–water partition coefficient (Wildman–Crippen LogP) is 2.93. The van der Waals surface area contributed by atoms with E-state index in [0.29, 0.717) is 51.8 Å². The highest BCUT2D eigenvalue weighted by Gasteiger charge is 2.30. The zero-order valence-electron chi connectivity index (χ0n) is 20.8. The monoisotopic (exact) mass is 497 g/mol. The van der Waals surface area contributed by atoms with Crippen LogP contribution in [0.4, 0.5) is 0 Å². The molecule has 1 aromatic carbocycles. The number of rotatable bonds is 11. The first kappa shape index (κ1) is 25.9. The average molecular weight is 498 g/mol. The van der Waals surface area contributed by atoms with Crippen LogP contribution in [0.3, 0.4) is 0 Å². The second kappa shape index (κ2) is 12.2. The number of ether oxygens (including phenoxy) is 2. The summed E-state index contributed by atoms with van der Waals surface area (Å²) in [6, 6.07) is 7.71. The molecule has 194 valence electrons. The normalized spacial score (nSPS) is 19.9. The van der Waals surface area contributed by atoms with Gasteiger partial charge in [-0.2, -0.15) is 0 Å². The molecule has 0 aliphatic carbocycles. The van der Waals surface area contributed by atoms with E-state index in [4.69, 9.17) is 14.6 Å². The van der Waals surface area contributed by atoms with Crippen LogP contribution < -0.4 is 5.32 Å². The molecule has 2 amide bonds. The van der Waals surface area contributed by atoms with Gasteiger partial charge in [0.15, 0.2) is 5.76 Å². The largest absolute Gasteiger partial charge is 0.459 e. The minimum Gasteiger partial charge on any atom is -0.459 e. The smallest absolute Gasteiger partial charge is 0.286 e. The molecule has 9 heteroatoms. The van der Waals surface area contributed by atoms with Gasteiger partial charge in [-0.15, -0.1) is 0 Å². The number of nitrogens with zero attached hydrogens (tertiary/aromatic N) is 2. The van der Waals surface area contributed by atoms with Crippen LogP contribution in [0.15, 0.2) is 42.3 Å². The summed E-state index contributed by atoms with van der Waals surface area (Å²) in [4.78, 5) is 38.9. The van der Waals surface area contributed by atoms with E-state index in [1.54, 1.807) is 10.6 Å². The predicted molar refractivity (Wildman–Crippen MR) is 134 cm³/mol. The molecular weight excluding hydrogens is 462 g/mol. The molecule has 1 aromatic heterocycles. The van der Waals surface area contributed by atoms with E-state index < -0.39 is 6.29 Å². The van der Waals surface area contributed by atoms with E-state index >= 15 is 0 Å². The Labute approximate surface area is 211 Å². The number of amides is 2. The Bertz CT molecular complexity index is 1120. The zero-order valence-corrected chi connectivity index (χ0v) is 20.8. The molecule has 0 spiro atoms. The summed E-state index contributed by atoms with van der Waals surface area (Å²) in [5.41, 5.74) is 1.76. The first-order valence-electron chi connectivity index (χ1n) is 12.8. The summed E-state index contributed by atoms with van der Waals surface area (Å²) in [6.45, 7) is 3.87. The van der Waals surface area contributed by atoms with Gasteiger partial charge in [0.1, 0.15) is 0 Å². The third-order valence-corrected chi connectivity index (χ3v) is 6.68. The van der Waals surface area contributed by atoms with Crippen LogP contribution in [0, 0.1) is 0 Å². The Morgan fingerprint density at radius 3 is 2.81 bits per heavy atom. The van der Waals surface area contributed by atoms with Gasteiger partial charge in [-0.05, 0) is 43.4 Å². The third kappa shape index (κ3) is 6.14. The minimum absolute atomic E-state index is 0.0836. The standard InChI is InChI=1S/C27H35N3O6/c1-19(32)30-18-22(21-8-2-3-9-23(21)30)20-16-24(36-26(17-20)35-15-5-4-14-31)27(34)28-11-7-13-29-12-6-10-25(29)33/h2-3,8-9,16,18,20,26,31H,4-7,10-15,17H2,1H3,(H,28,34). The number of aliphatic hydroxyl groups excluding tert-OH is 1. The van der Waals surface area contributed by atoms with Gasteiger partial charge in [0.05, 0.1) is 12.1 Å². The fourth-order valence-corrected chi connectivity index (χ4v) is 4.83. The lowest BCUT2D eigenvalue weighted by atomic mass is 9.92. The van der Waals surface area contributed by atoms with Crippen LogP contribution in [-0.4, -0.2) is 71.4 Å². The van der Waals surface area contributed by atoms with Gasteiger partial charge in [-0.3, -0.25) is 19.0 Å². The number of hydrogen-bond donors (Lipinski definition) is 2. The Morgan fingerprint density at radius 1 is 1.22 bits per heavy atom. The molecule has 4 rings (SSSR count). The molecule has 2 unspecified atom stereocenters.